The minimum atomic E-state index is -0.925. The van der Waals surface area contributed by atoms with Gasteiger partial charge in [-0.2, -0.15) is 0 Å². The first-order chi connectivity index (χ1) is 10.1. The molecule has 4 heteroatoms. The second kappa shape index (κ2) is 5.30. The van der Waals surface area contributed by atoms with Crippen LogP contribution in [0.25, 0.3) is 17.0 Å². The second-order valence-electron chi connectivity index (χ2n) is 5.58. The van der Waals surface area contributed by atoms with Gasteiger partial charge < -0.3 is 10.0 Å². The largest absolute Gasteiger partial charge is 0.478 e. The third kappa shape index (κ3) is 2.54. The van der Waals surface area contributed by atoms with E-state index in [4.69, 9.17) is 10.1 Å². The van der Waals surface area contributed by atoms with Gasteiger partial charge in [0.05, 0.1) is 5.52 Å². The zero-order valence-corrected chi connectivity index (χ0v) is 12.3. The number of benzene rings is 1. The quantitative estimate of drug-likeness (QED) is 0.860. The van der Waals surface area contributed by atoms with Gasteiger partial charge >= 0.3 is 5.97 Å². The van der Waals surface area contributed by atoms with Gasteiger partial charge in [-0.05, 0) is 36.7 Å². The summed E-state index contributed by atoms with van der Waals surface area (Å²) in [6, 6.07) is 6.06. The highest BCUT2D eigenvalue weighted by Crippen LogP contribution is 2.30. The first-order valence-electron chi connectivity index (χ1n) is 7.07. The number of likely N-dealkylation sites (N-methyl/N-ethyl adjacent to an activating group) is 1. The van der Waals surface area contributed by atoms with Crippen LogP contribution in [0.5, 0.6) is 0 Å². The van der Waals surface area contributed by atoms with E-state index in [9.17, 15) is 4.79 Å². The number of carbonyl (C=O) groups is 1. The lowest BCUT2D eigenvalue weighted by Gasteiger charge is -2.26. The molecular weight excluding hydrogens is 264 g/mol. The molecule has 0 saturated heterocycles. The third-order valence-electron chi connectivity index (χ3n) is 4.00. The Morgan fingerprint density at radius 2 is 2.24 bits per heavy atom. The number of carboxylic acids is 1. The number of hydrogen-bond acceptors (Lipinski definition) is 3. The molecule has 0 spiro atoms. The molecule has 0 bridgehead atoms. The van der Waals surface area contributed by atoms with Crippen molar-refractivity contribution in [2.75, 3.05) is 13.6 Å². The van der Waals surface area contributed by atoms with Gasteiger partial charge in [-0.1, -0.05) is 18.2 Å². The molecule has 1 aromatic heterocycles. The van der Waals surface area contributed by atoms with Crippen LogP contribution in [0.3, 0.4) is 0 Å². The predicted octanol–water partition coefficient (Wildman–Crippen LogP) is 2.63. The van der Waals surface area contributed by atoms with E-state index in [0.717, 1.165) is 52.8 Å². The molecular formula is C17H18N2O2. The molecule has 0 fully saturated rings. The van der Waals surface area contributed by atoms with Crippen molar-refractivity contribution in [1.82, 2.24) is 9.88 Å². The summed E-state index contributed by atoms with van der Waals surface area (Å²) in [5, 5.41) is 9.97. The molecule has 1 aliphatic rings. The highest BCUT2D eigenvalue weighted by molar-refractivity contribution is 5.95. The standard InChI is InChI=1S/C17H18N2O2/c1-11-4-3-5-13-12(6-7-16(20)21)14-10-19(2)9-8-15(14)18-17(11)13/h3-7H,8-10H2,1-2H3,(H,20,21)/b7-6+. The van der Waals surface area contributed by atoms with Crippen LogP contribution < -0.4 is 0 Å². The number of aryl methyl sites for hydroxylation is 1. The monoisotopic (exact) mass is 282 g/mol. The van der Waals surface area contributed by atoms with E-state index in [1.54, 1.807) is 6.08 Å². The van der Waals surface area contributed by atoms with E-state index in [2.05, 4.69) is 11.9 Å². The molecule has 1 aliphatic heterocycles. The van der Waals surface area contributed by atoms with Crippen LogP contribution in [0.15, 0.2) is 24.3 Å². The number of rotatable bonds is 2. The number of aliphatic carboxylic acids is 1. The average molecular weight is 282 g/mol. The molecule has 2 heterocycles. The molecule has 4 nitrogen and oxygen atoms in total. The molecule has 0 amide bonds. The van der Waals surface area contributed by atoms with Gasteiger partial charge in [0.1, 0.15) is 0 Å². The SMILES string of the molecule is Cc1cccc2c(/C=C/C(=O)O)c3c(nc12)CCN(C)C3. The summed E-state index contributed by atoms with van der Waals surface area (Å²) in [6.45, 7) is 3.84. The van der Waals surface area contributed by atoms with Crippen molar-refractivity contribution < 1.29 is 9.90 Å². The smallest absolute Gasteiger partial charge is 0.328 e. The van der Waals surface area contributed by atoms with E-state index >= 15 is 0 Å². The van der Waals surface area contributed by atoms with E-state index in [1.807, 2.05) is 25.1 Å². The number of nitrogens with zero attached hydrogens (tertiary/aromatic N) is 2. The number of para-hydroxylation sites is 1. The highest BCUT2D eigenvalue weighted by Gasteiger charge is 2.20. The molecule has 0 saturated carbocycles. The molecule has 108 valence electrons. The Labute approximate surface area is 123 Å². The summed E-state index contributed by atoms with van der Waals surface area (Å²) in [7, 11) is 2.08. The first kappa shape index (κ1) is 13.8. The summed E-state index contributed by atoms with van der Waals surface area (Å²) in [4.78, 5) is 18.0. The molecule has 21 heavy (non-hydrogen) atoms. The number of hydrogen-bond donors (Lipinski definition) is 1. The summed E-state index contributed by atoms with van der Waals surface area (Å²) in [6.07, 6.45) is 3.83. The fourth-order valence-electron chi connectivity index (χ4n) is 2.92. The molecule has 0 atom stereocenters. The summed E-state index contributed by atoms with van der Waals surface area (Å²) >= 11 is 0. The molecule has 2 aromatic rings. The fraction of sp³-hybridized carbons (Fsp3) is 0.294. The molecule has 3 rings (SSSR count). The fourth-order valence-corrected chi connectivity index (χ4v) is 2.92. The molecule has 1 N–H and O–H groups in total. The molecule has 1 aromatic carbocycles. The summed E-state index contributed by atoms with van der Waals surface area (Å²) in [5.41, 5.74) is 5.34. The number of pyridine rings is 1. The van der Waals surface area contributed by atoms with Gasteiger partial charge in [-0.25, -0.2) is 4.79 Å². The Balaban J connectivity index is 2.31. The van der Waals surface area contributed by atoms with Gasteiger partial charge in [0.2, 0.25) is 0 Å². The highest BCUT2D eigenvalue weighted by atomic mass is 16.4. The van der Waals surface area contributed by atoms with E-state index < -0.39 is 5.97 Å². The van der Waals surface area contributed by atoms with Crippen LogP contribution in [0.4, 0.5) is 0 Å². The lowest BCUT2D eigenvalue weighted by atomic mass is 9.94. The summed E-state index contributed by atoms with van der Waals surface area (Å²) < 4.78 is 0. The third-order valence-corrected chi connectivity index (χ3v) is 4.00. The molecule has 0 aliphatic carbocycles. The zero-order chi connectivity index (χ0) is 15.0. The van der Waals surface area contributed by atoms with Gasteiger partial charge in [-0.15, -0.1) is 0 Å². The topological polar surface area (TPSA) is 53.4 Å². The number of aromatic nitrogens is 1. The van der Waals surface area contributed by atoms with Crippen molar-refractivity contribution in [3.63, 3.8) is 0 Å². The Bertz CT molecular complexity index is 750. The van der Waals surface area contributed by atoms with Crippen LogP contribution in [0, 0.1) is 6.92 Å². The Morgan fingerprint density at radius 3 is 3.00 bits per heavy atom. The van der Waals surface area contributed by atoms with Crippen LogP contribution >= 0.6 is 0 Å². The molecule has 0 unspecified atom stereocenters. The maximum absolute atomic E-state index is 10.9. The zero-order valence-electron chi connectivity index (χ0n) is 12.3. The van der Waals surface area contributed by atoms with E-state index in [-0.39, 0.29) is 0 Å². The van der Waals surface area contributed by atoms with Crippen molar-refractivity contribution >= 4 is 22.9 Å². The second-order valence-corrected chi connectivity index (χ2v) is 5.58. The lowest BCUT2D eigenvalue weighted by Crippen LogP contribution is -2.28. The average Bonchev–Trinajstić information content (AvgIpc) is 2.44. The van der Waals surface area contributed by atoms with Gasteiger partial charge in [0.15, 0.2) is 0 Å². The lowest BCUT2D eigenvalue weighted by molar-refractivity contribution is -0.131. The minimum absolute atomic E-state index is 0.811. The van der Waals surface area contributed by atoms with Crippen molar-refractivity contribution in [3.8, 4) is 0 Å². The first-order valence-corrected chi connectivity index (χ1v) is 7.07. The van der Waals surface area contributed by atoms with Gasteiger partial charge in [0.25, 0.3) is 0 Å². The van der Waals surface area contributed by atoms with Crippen LogP contribution in [-0.4, -0.2) is 34.6 Å². The van der Waals surface area contributed by atoms with E-state index in [1.165, 1.54) is 6.08 Å². The normalized spacial score (nSPS) is 15.5. The van der Waals surface area contributed by atoms with Crippen LogP contribution in [0.2, 0.25) is 0 Å². The van der Waals surface area contributed by atoms with Gasteiger partial charge in [0, 0.05) is 36.7 Å². The number of carboxylic acid groups (broad SMARTS) is 1. The predicted molar refractivity (Wildman–Crippen MR) is 83.2 cm³/mol. The van der Waals surface area contributed by atoms with Crippen molar-refractivity contribution in [1.29, 1.82) is 0 Å². The maximum atomic E-state index is 10.9. The minimum Gasteiger partial charge on any atom is -0.478 e. The number of fused-ring (bicyclic) bond motifs is 2. The Morgan fingerprint density at radius 1 is 1.43 bits per heavy atom. The summed E-state index contributed by atoms with van der Waals surface area (Å²) in [5.74, 6) is -0.925. The van der Waals surface area contributed by atoms with Crippen molar-refractivity contribution in [2.24, 2.45) is 0 Å². The van der Waals surface area contributed by atoms with E-state index in [0.29, 0.717) is 0 Å². The molecule has 0 radical (unpaired) electrons. The van der Waals surface area contributed by atoms with Crippen LogP contribution in [0.1, 0.15) is 22.4 Å². The van der Waals surface area contributed by atoms with Crippen LogP contribution in [-0.2, 0) is 17.8 Å². The van der Waals surface area contributed by atoms with Crippen molar-refractivity contribution in [2.45, 2.75) is 19.9 Å². The Hall–Kier alpha value is -2.20. The maximum Gasteiger partial charge on any atom is 0.328 e. The van der Waals surface area contributed by atoms with Crippen molar-refractivity contribution in [3.05, 3.63) is 46.7 Å². The van der Waals surface area contributed by atoms with Gasteiger partial charge in [-0.3, -0.25) is 4.98 Å². The Kier molecular flexibility index (Phi) is 3.47.